The van der Waals surface area contributed by atoms with Crippen molar-refractivity contribution in [2.45, 2.75) is 0 Å². The normalized spacial score (nSPS) is 6.67. The van der Waals surface area contributed by atoms with E-state index in [1.54, 1.807) is 0 Å². The second-order valence-corrected chi connectivity index (χ2v) is 1.49. The Kier molecular flexibility index (Phi) is 8.50. The van der Waals surface area contributed by atoms with Crippen molar-refractivity contribution in [3.05, 3.63) is 42.8 Å². The van der Waals surface area contributed by atoms with E-state index < -0.39 is 0 Å². The molecule has 0 amide bonds. The molecular weight excluding hydrogens is 211 g/mol. The SMILES string of the molecule is Cl.[CH2-]c1ccccc1.[Zr]. The first kappa shape index (κ1) is 12.0. The summed E-state index contributed by atoms with van der Waals surface area (Å²) in [5.41, 5.74) is 1.07. The molecule has 0 fully saturated rings. The average molecular weight is 219 g/mol. The quantitative estimate of drug-likeness (QED) is 0.587. The Morgan fingerprint density at radius 3 is 1.67 bits per heavy atom. The molecule has 0 bridgehead atoms. The van der Waals surface area contributed by atoms with Crippen LogP contribution in [0.15, 0.2) is 30.3 Å². The monoisotopic (exact) mass is 217 g/mol. The summed E-state index contributed by atoms with van der Waals surface area (Å²) in [7, 11) is 0. The number of hydrogen-bond donors (Lipinski definition) is 0. The molecule has 0 heterocycles. The van der Waals surface area contributed by atoms with E-state index in [0.29, 0.717) is 0 Å². The predicted molar refractivity (Wildman–Crippen MR) is 38.1 cm³/mol. The van der Waals surface area contributed by atoms with Crippen molar-refractivity contribution in [2.24, 2.45) is 0 Å². The zero-order chi connectivity index (χ0) is 5.11. The van der Waals surface area contributed by atoms with Crippen LogP contribution in [-0.2, 0) is 26.2 Å². The van der Waals surface area contributed by atoms with Gasteiger partial charge in [-0.1, -0.05) is 6.07 Å². The Bertz CT molecular complexity index is 139. The molecule has 0 saturated carbocycles. The van der Waals surface area contributed by atoms with Gasteiger partial charge in [0, 0.05) is 26.2 Å². The summed E-state index contributed by atoms with van der Waals surface area (Å²) in [6.07, 6.45) is 0. The van der Waals surface area contributed by atoms with E-state index in [1.807, 2.05) is 30.3 Å². The molecule has 0 saturated heterocycles. The molecule has 0 aromatic heterocycles. The van der Waals surface area contributed by atoms with Crippen LogP contribution < -0.4 is 0 Å². The van der Waals surface area contributed by atoms with Crippen LogP contribution in [-0.4, -0.2) is 0 Å². The minimum Gasteiger partial charge on any atom is -0.199 e. The molecule has 0 atom stereocenters. The second kappa shape index (κ2) is 6.38. The molecule has 0 spiro atoms. The van der Waals surface area contributed by atoms with Crippen molar-refractivity contribution in [1.29, 1.82) is 0 Å². The maximum Gasteiger partial charge on any atom is 0 e. The molecule has 0 aliphatic rings. The fraction of sp³-hybridized carbons (Fsp3) is 0. The van der Waals surface area contributed by atoms with Gasteiger partial charge in [0.05, 0.1) is 0 Å². The molecule has 0 unspecified atom stereocenters. The zero-order valence-corrected chi connectivity index (χ0v) is 8.28. The van der Waals surface area contributed by atoms with Gasteiger partial charge in [-0.05, 0) is 0 Å². The Morgan fingerprint density at radius 2 is 1.44 bits per heavy atom. The predicted octanol–water partition coefficient (Wildman–Crippen LogP) is 2.29. The topological polar surface area (TPSA) is 0 Å². The van der Waals surface area contributed by atoms with E-state index in [-0.39, 0.29) is 38.6 Å². The van der Waals surface area contributed by atoms with Crippen molar-refractivity contribution in [3.63, 3.8) is 0 Å². The van der Waals surface area contributed by atoms with Gasteiger partial charge in [0.1, 0.15) is 0 Å². The third kappa shape index (κ3) is 4.75. The van der Waals surface area contributed by atoms with Crippen LogP contribution in [0.1, 0.15) is 5.56 Å². The van der Waals surface area contributed by atoms with Crippen molar-refractivity contribution < 1.29 is 26.2 Å². The molecule has 1 aromatic carbocycles. The van der Waals surface area contributed by atoms with E-state index in [0.717, 1.165) is 5.56 Å². The van der Waals surface area contributed by atoms with Crippen molar-refractivity contribution in [1.82, 2.24) is 0 Å². The fourth-order valence-corrected chi connectivity index (χ4v) is 0.478. The van der Waals surface area contributed by atoms with Crippen LogP contribution in [0, 0.1) is 6.92 Å². The Labute approximate surface area is 81.2 Å². The minimum atomic E-state index is 0. The van der Waals surface area contributed by atoms with Crippen LogP contribution in [0.25, 0.3) is 0 Å². The smallest absolute Gasteiger partial charge is 0 e. The maximum absolute atomic E-state index is 3.72. The molecule has 0 radical (unpaired) electrons. The van der Waals surface area contributed by atoms with Gasteiger partial charge in [0.15, 0.2) is 0 Å². The van der Waals surface area contributed by atoms with Crippen LogP contribution in [0.3, 0.4) is 0 Å². The summed E-state index contributed by atoms with van der Waals surface area (Å²) < 4.78 is 0. The van der Waals surface area contributed by atoms with Crippen LogP contribution in [0.4, 0.5) is 0 Å². The summed E-state index contributed by atoms with van der Waals surface area (Å²) in [4.78, 5) is 0. The number of benzene rings is 1. The van der Waals surface area contributed by atoms with Gasteiger partial charge in [0.25, 0.3) is 0 Å². The van der Waals surface area contributed by atoms with E-state index in [1.165, 1.54) is 0 Å². The summed E-state index contributed by atoms with van der Waals surface area (Å²) in [6.45, 7) is 3.72. The van der Waals surface area contributed by atoms with Crippen molar-refractivity contribution in [2.75, 3.05) is 0 Å². The van der Waals surface area contributed by atoms with Crippen LogP contribution in [0.2, 0.25) is 0 Å². The number of rotatable bonds is 0. The fourth-order valence-electron chi connectivity index (χ4n) is 0.478. The maximum atomic E-state index is 3.72. The summed E-state index contributed by atoms with van der Waals surface area (Å²) in [5.74, 6) is 0. The third-order valence-corrected chi connectivity index (χ3v) is 0.843. The van der Waals surface area contributed by atoms with Crippen LogP contribution in [0.5, 0.6) is 0 Å². The second-order valence-electron chi connectivity index (χ2n) is 1.49. The van der Waals surface area contributed by atoms with Gasteiger partial charge in [-0.2, -0.15) is 24.6 Å². The minimum absolute atomic E-state index is 0. The Balaban J connectivity index is 0. The summed E-state index contributed by atoms with van der Waals surface area (Å²) >= 11 is 0. The standard InChI is InChI=1S/C7H7.ClH.Zr/c1-7-5-3-2-4-6-7;;/h2-6H,1H2;1H;/q-1;;. The van der Waals surface area contributed by atoms with E-state index >= 15 is 0 Å². The molecule has 0 nitrogen and oxygen atoms in total. The largest absolute Gasteiger partial charge is 0.199 e. The first-order valence-electron chi connectivity index (χ1n) is 2.26. The van der Waals surface area contributed by atoms with Crippen molar-refractivity contribution >= 4 is 12.4 Å². The van der Waals surface area contributed by atoms with E-state index in [9.17, 15) is 0 Å². The van der Waals surface area contributed by atoms with Crippen LogP contribution >= 0.6 is 12.4 Å². The summed E-state index contributed by atoms with van der Waals surface area (Å²) in [5, 5.41) is 0. The van der Waals surface area contributed by atoms with Crippen molar-refractivity contribution in [3.8, 4) is 0 Å². The molecule has 0 aliphatic heterocycles. The van der Waals surface area contributed by atoms with Gasteiger partial charge in [0.2, 0.25) is 0 Å². The molecule has 0 aliphatic carbocycles. The molecular formula is C7H8ClZr-. The first-order chi connectivity index (χ1) is 3.39. The van der Waals surface area contributed by atoms with Gasteiger partial charge in [-0.25, -0.2) is 0 Å². The zero-order valence-electron chi connectivity index (χ0n) is 5.00. The van der Waals surface area contributed by atoms with E-state index in [2.05, 4.69) is 6.92 Å². The third-order valence-electron chi connectivity index (χ3n) is 0.843. The molecule has 2 heteroatoms. The van der Waals surface area contributed by atoms with Gasteiger partial charge < -0.3 is 0 Å². The molecule has 1 rings (SSSR count). The Hall–Kier alpha value is 0.263. The Morgan fingerprint density at radius 1 is 1.00 bits per heavy atom. The molecule has 48 valence electrons. The number of hydrogen-bond acceptors (Lipinski definition) is 0. The molecule has 0 N–H and O–H groups in total. The first-order valence-corrected chi connectivity index (χ1v) is 2.26. The average Bonchev–Trinajstić information content (AvgIpc) is 1.69. The molecule has 9 heavy (non-hydrogen) atoms. The van der Waals surface area contributed by atoms with Gasteiger partial charge in [-0.3, -0.25) is 0 Å². The number of halogens is 1. The summed E-state index contributed by atoms with van der Waals surface area (Å²) in [6, 6.07) is 9.87. The van der Waals surface area contributed by atoms with Gasteiger partial charge >= 0.3 is 0 Å². The van der Waals surface area contributed by atoms with E-state index in [4.69, 9.17) is 0 Å². The van der Waals surface area contributed by atoms with Gasteiger partial charge in [-0.15, -0.1) is 24.5 Å². The molecule has 1 aromatic rings.